The average molecular weight is 173 g/mol. The highest BCUT2D eigenvalue weighted by atomic mass is 16.3. The van der Waals surface area contributed by atoms with E-state index in [9.17, 15) is 5.11 Å². The van der Waals surface area contributed by atoms with Gasteiger partial charge in [0.1, 0.15) is 0 Å². The Hall–Kier alpha value is -0.0800. The molecule has 2 nitrogen and oxygen atoms in total. The molecule has 0 fully saturated rings. The summed E-state index contributed by atoms with van der Waals surface area (Å²) in [6, 6.07) is 0.110. The van der Waals surface area contributed by atoms with Crippen LogP contribution >= 0.6 is 0 Å². The SMILES string of the molecule is CC(C)[C@@H](N)C[C@H](O)C(C)(C)C. The van der Waals surface area contributed by atoms with Crippen LogP contribution in [-0.4, -0.2) is 17.3 Å². The molecule has 2 atom stereocenters. The van der Waals surface area contributed by atoms with Crippen molar-refractivity contribution in [2.24, 2.45) is 17.1 Å². The fourth-order valence-electron chi connectivity index (χ4n) is 0.884. The summed E-state index contributed by atoms with van der Waals surface area (Å²) in [4.78, 5) is 0. The molecule has 0 aromatic carbocycles. The second kappa shape index (κ2) is 4.24. The van der Waals surface area contributed by atoms with Gasteiger partial charge in [-0.3, -0.25) is 0 Å². The van der Waals surface area contributed by atoms with Gasteiger partial charge in [0.2, 0.25) is 0 Å². The molecule has 0 amide bonds. The monoisotopic (exact) mass is 173 g/mol. The van der Waals surface area contributed by atoms with Crippen LogP contribution in [0.5, 0.6) is 0 Å². The third kappa shape index (κ3) is 4.07. The Labute approximate surface area is 76.2 Å². The van der Waals surface area contributed by atoms with E-state index in [1.807, 2.05) is 20.8 Å². The Morgan fingerprint density at radius 1 is 1.25 bits per heavy atom. The first kappa shape index (κ1) is 11.9. The quantitative estimate of drug-likeness (QED) is 0.683. The van der Waals surface area contributed by atoms with E-state index in [4.69, 9.17) is 5.73 Å². The summed E-state index contributed by atoms with van der Waals surface area (Å²) >= 11 is 0. The average Bonchev–Trinajstić information content (AvgIpc) is 1.85. The number of rotatable bonds is 3. The van der Waals surface area contributed by atoms with Crippen molar-refractivity contribution < 1.29 is 5.11 Å². The summed E-state index contributed by atoms with van der Waals surface area (Å²) in [5.74, 6) is 0.446. The molecule has 0 aromatic rings. The molecule has 0 aliphatic carbocycles. The van der Waals surface area contributed by atoms with Crippen LogP contribution in [0.15, 0.2) is 0 Å². The number of aliphatic hydroxyl groups excluding tert-OH is 1. The summed E-state index contributed by atoms with van der Waals surface area (Å²) in [5, 5.41) is 9.72. The van der Waals surface area contributed by atoms with Crippen molar-refractivity contribution in [3.63, 3.8) is 0 Å². The fraction of sp³-hybridized carbons (Fsp3) is 1.00. The van der Waals surface area contributed by atoms with Crippen LogP contribution in [-0.2, 0) is 0 Å². The number of nitrogens with two attached hydrogens (primary N) is 1. The van der Waals surface area contributed by atoms with E-state index < -0.39 is 0 Å². The van der Waals surface area contributed by atoms with Gasteiger partial charge in [-0.25, -0.2) is 0 Å². The van der Waals surface area contributed by atoms with Gasteiger partial charge in [-0.05, 0) is 17.8 Å². The second-order valence-electron chi connectivity index (χ2n) is 5.03. The number of aliphatic hydroxyl groups is 1. The standard InChI is InChI=1S/C10H23NO/c1-7(2)8(11)6-9(12)10(3,4)5/h7-9,12H,6,11H2,1-5H3/t8-,9-/m0/s1. The first-order valence-corrected chi connectivity index (χ1v) is 4.68. The lowest BCUT2D eigenvalue weighted by Crippen LogP contribution is -2.36. The van der Waals surface area contributed by atoms with E-state index in [2.05, 4.69) is 13.8 Å². The minimum absolute atomic E-state index is 0.0491. The second-order valence-corrected chi connectivity index (χ2v) is 5.03. The molecule has 0 bridgehead atoms. The van der Waals surface area contributed by atoms with E-state index in [0.717, 1.165) is 0 Å². The van der Waals surface area contributed by atoms with Crippen LogP contribution in [0, 0.1) is 11.3 Å². The van der Waals surface area contributed by atoms with Gasteiger partial charge in [0.25, 0.3) is 0 Å². The van der Waals surface area contributed by atoms with Crippen LogP contribution in [0.1, 0.15) is 41.0 Å². The maximum Gasteiger partial charge on any atom is 0.0603 e. The number of hydrogen-bond donors (Lipinski definition) is 2. The molecular weight excluding hydrogens is 150 g/mol. The molecule has 0 saturated heterocycles. The van der Waals surface area contributed by atoms with Gasteiger partial charge in [0.15, 0.2) is 0 Å². The van der Waals surface area contributed by atoms with Gasteiger partial charge in [0, 0.05) is 6.04 Å². The van der Waals surface area contributed by atoms with Crippen molar-refractivity contribution in [3.8, 4) is 0 Å². The molecule has 0 aromatic heterocycles. The minimum atomic E-state index is -0.296. The highest BCUT2D eigenvalue weighted by Crippen LogP contribution is 2.23. The molecule has 2 heteroatoms. The lowest BCUT2D eigenvalue weighted by atomic mass is 9.83. The Bertz CT molecular complexity index is 126. The molecule has 0 heterocycles. The molecule has 0 aliphatic rings. The molecule has 0 unspecified atom stereocenters. The van der Waals surface area contributed by atoms with E-state index in [1.54, 1.807) is 0 Å². The molecule has 74 valence electrons. The Balaban J connectivity index is 3.93. The van der Waals surface area contributed by atoms with Crippen molar-refractivity contribution in [2.45, 2.75) is 53.2 Å². The third-order valence-electron chi connectivity index (χ3n) is 2.35. The summed E-state index contributed by atoms with van der Waals surface area (Å²) in [5.41, 5.74) is 5.80. The molecule has 0 saturated carbocycles. The number of hydrogen-bond acceptors (Lipinski definition) is 2. The van der Waals surface area contributed by atoms with Crippen molar-refractivity contribution in [1.29, 1.82) is 0 Å². The van der Waals surface area contributed by atoms with Crippen molar-refractivity contribution in [2.75, 3.05) is 0 Å². The molecule has 0 spiro atoms. The zero-order valence-electron chi connectivity index (χ0n) is 8.96. The lowest BCUT2D eigenvalue weighted by molar-refractivity contribution is 0.0459. The first-order valence-electron chi connectivity index (χ1n) is 4.68. The van der Waals surface area contributed by atoms with Crippen LogP contribution in [0.4, 0.5) is 0 Å². The van der Waals surface area contributed by atoms with Crippen molar-refractivity contribution in [1.82, 2.24) is 0 Å². The highest BCUT2D eigenvalue weighted by molar-refractivity contribution is 4.78. The normalized spacial score (nSPS) is 18.0. The largest absolute Gasteiger partial charge is 0.393 e. The highest BCUT2D eigenvalue weighted by Gasteiger charge is 2.24. The van der Waals surface area contributed by atoms with E-state index >= 15 is 0 Å². The zero-order valence-corrected chi connectivity index (χ0v) is 8.96. The van der Waals surface area contributed by atoms with Crippen molar-refractivity contribution in [3.05, 3.63) is 0 Å². The van der Waals surface area contributed by atoms with Gasteiger partial charge in [-0.2, -0.15) is 0 Å². The Kier molecular flexibility index (Phi) is 4.21. The third-order valence-corrected chi connectivity index (χ3v) is 2.35. The summed E-state index contributed by atoms with van der Waals surface area (Å²) < 4.78 is 0. The molecule has 0 aliphatic heterocycles. The Morgan fingerprint density at radius 2 is 1.67 bits per heavy atom. The van der Waals surface area contributed by atoms with Crippen LogP contribution in [0.3, 0.4) is 0 Å². The van der Waals surface area contributed by atoms with E-state index in [-0.39, 0.29) is 17.6 Å². The van der Waals surface area contributed by atoms with E-state index in [0.29, 0.717) is 12.3 Å². The van der Waals surface area contributed by atoms with Crippen LogP contribution in [0.25, 0.3) is 0 Å². The summed E-state index contributed by atoms with van der Waals surface area (Å²) in [7, 11) is 0. The molecule has 12 heavy (non-hydrogen) atoms. The predicted octanol–water partition coefficient (Wildman–Crippen LogP) is 1.77. The molecule has 0 radical (unpaired) electrons. The fourth-order valence-corrected chi connectivity index (χ4v) is 0.884. The lowest BCUT2D eigenvalue weighted by Gasteiger charge is -2.29. The molecule has 0 rings (SSSR count). The van der Waals surface area contributed by atoms with Gasteiger partial charge in [-0.15, -0.1) is 0 Å². The topological polar surface area (TPSA) is 46.2 Å². The summed E-state index contributed by atoms with van der Waals surface area (Å²) in [6.45, 7) is 10.3. The van der Waals surface area contributed by atoms with E-state index in [1.165, 1.54) is 0 Å². The first-order chi connectivity index (χ1) is 5.25. The van der Waals surface area contributed by atoms with Crippen molar-refractivity contribution >= 4 is 0 Å². The van der Waals surface area contributed by atoms with Crippen LogP contribution in [0.2, 0.25) is 0 Å². The van der Waals surface area contributed by atoms with Gasteiger partial charge < -0.3 is 10.8 Å². The maximum atomic E-state index is 9.72. The summed E-state index contributed by atoms with van der Waals surface area (Å²) in [6.07, 6.45) is 0.399. The predicted molar refractivity (Wildman–Crippen MR) is 52.9 cm³/mol. The van der Waals surface area contributed by atoms with Gasteiger partial charge >= 0.3 is 0 Å². The molecule has 3 N–H and O–H groups in total. The van der Waals surface area contributed by atoms with Gasteiger partial charge in [0.05, 0.1) is 6.10 Å². The molecular formula is C10H23NO. The maximum absolute atomic E-state index is 9.72. The zero-order chi connectivity index (χ0) is 9.94. The Morgan fingerprint density at radius 3 is 1.92 bits per heavy atom. The van der Waals surface area contributed by atoms with Gasteiger partial charge in [-0.1, -0.05) is 34.6 Å². The van der Waals surface area contributed by atoms with Crippen LogP contribution < -0.4 is 5.73 Å². The minimum Gasteiger partial charge on any atom is -0.393 e. The smallest absolute Gasteiger partial charge is 0.0603 e.